The molecule has 0 bridgehead atoms. The summed E-state index contributed by atoms with van der Waals surface area (Å²) in [7, 11) is 0. The number of esters is 3. The number of carboxylic acid groups (broad SMARTS) is 1. The molecule has 0 aliphatic carbocycles. The number of phenols is 2. The summed E-state index contributed by atoms with van der Waals surface area (Å²) in [6.45, 7) is 2.19. The summed E-state index contributed by atoms with van der Waals surface area (Å²) >= 11 is 0. The van der Waals surface area contributed by atoms with Crippen LogP contribution in [0.25, 0.3) is 0 Å². The number of hydrogen-bond acceptors (Lipinski definition) is 9. The number of carbonyl (C=O) groups excluding carboxylic acids is 3. The summed E-state index contributed by atoms with van der Waals surface area (Å²) in [6, 6.07) is 13.1. The van der Waals surface area contributed by atoms with E-state index in [-0.39, 0.29) is 34.1 Å². The fourth-order valence-corrected chi connectivity index (χ4v) is 4.02. The summed E-state index contributed by atoms with van der Waals surface area (Å²) in [6.07, 6.45) is 0. The quantitative estimate of drug-likeness (QED) is 0.349. The van der Waals surface area contributed by atoms with Gasteiger partial charge in [0.15, 0.2) is 5.60 Å². The Labute approximate surface area is 197 Å². The molecule has 0 saturated heterocycles. The predicted molar refractivity (Wildman–Crippen MR) is 117 cm³/mol. The van der Waals surface area contributed by atoms with Crippen LogP contribution < -0.4 is 4.74 Å². The van der Waals surface area contributed by atoms with Crippen molar-refractivity contribution in [1.82, 2.24) is 0 Å². The molecule has 10 heteroatoms. The molecular weight excluding hydrogens is 460 g/mol. The van der Waals surface area contributed by atoms with E-state index in [1.807, 2.05) is 0 Å². The number of benzene rings is 3. The second-order valence-corrected chi connectivity index (χ2v) is 7.69. The van der Waals surface area contributed by atoms with Crippen molar-refractivity contribution in [3.63, 3.8) is 0 Å². The number of hydrogen-bond donors (Lipinski definition) is 3. The molecule has 2 aliphatic heterocycles. The van der Waals surface area contributed by atoms with Crippen molar-refractivity contribution >= 4 is 23.9 Å². The molecule has 3 aromatic carbocycles. The van der Waals surface area contributed by atoms with Crippen LogP contribution in [0, 0.1) is 0 Å². The van der Waals surface area contributed by atoms with Gasteiger partial charge in [0, 0.05) is 42.7 Å². The monoisotopic (exact) mass is 478 g/mol. The van der Waals surface area contributed by atoms with Crippen molar-refractivity contribution in [2.24, 2.45) is 0 Å². The molecule has 0 fully saturated rings. The van der Waals surface area contributed by atoms with E-state index in [2.05, 4.69) is 4.74 Å². The van der Waals surface area contributed by atoms with Crippen LogP contribution in [0.1, 0.15) is 51.3 Å². The standard InChI is InChI=1S/C23H14O8.C2H4O2/c1-11(24)29-21(27)12-2-5-16-15(8-12)22(28)31-23(16)17-6-3-13(25)9-19(17)30-20-10-14(26)4-7-18(20)23;1-2(3)4/h2-10,25-26H,1H3;1H3,(H,3,4). The van der Waals surface area contributed by atoms with Crippen LogP contribution in [0.3, 0.4) is 0 Å². The van der Waals surface area contributed by atoms with Gasteiger partial charge in [0.25, 0.3) is 5.97 Å². The van der Waals surface area contributed by atoms with Gasteiger partial charge in [-0.25, -0.2) is 9.59 Å². The lowest BCUT2D eigenvalue weighted by Gasteiger charge is -2.36. The van der Waals surface area contributed by atoms with Crippen LogP contribution in [0.2, 0.25) is 0 Å². The molecule has 0 saturated carbocycles. The van der Waals surface area contributed by atoms with Crippen LogP contribution in [-0.2, 0) is 24.7 Å². The van der Waals surface area contributed by atoms with Gasteiger partial charge in [-0.05, 0) is 36.4 Å². The van der Waals surface area contributed by atoms with Gasteiger partial charge in [-0.2, -0.15) is 0 Å². The molecule has 3 N–H and O–H groups in total. The van der Waals surface area contributed by atoms with Crippen LogP contribution >= 0.6 is 0 Å². The van der Waals surface area contributed by atoms with Gasteiger partial charge in [0.2, 0.25) is 0 Å². The zero-order valence-electron chi connectivity index (χ0n) is 18.4. The number of aliphatic carboxylic acids is 1. The second kappa shape index (κ2) is 8.49. The normalized spacial score (nSPS) is 13.7. The number of aromatic hydroxyl groups is 2. The minimum absolute atomic E-state index is 0.0202. The highest BCUT2D eigenvalue weighted by molar-refractivity contribution is 6.02. The van der Waals surface area contributed by atoms with E-state index in [9.17, 15) is 24.6 Å². The molecule has 0 atom stereocenters. The topological polar surface area (TPSA) is 157 Å². The molecule has 0 unspecified atom stereocenters. The first-order valence-electron chi connectivity index (χ1n) is 10.2. The largest absolute Gasteiger partial charge is 0.508 e. The highest BCUT2D eigenvalue weighted by atomic mass is 16.6. The Morgan fingerprint density at radius 1 is 0.829 bits per heavy atom. The molecular formula is C25H18O10. The number of fused-ring (bicyclic) bond motifs is 6. The fraction of sp³-hybridized carbons (Fsp3) is 0.120. The van der Waals surface area contributed by atoms with Crippen molar-refractivity contribution < 1.29 is 48.7 Å². The van der Waals surface area contributed by atoms with Crippen molar-refractivity contribution in [3.8, 4) is 23.0 Å². The third-order valence-corrected chi connectivity index (χ3v) is 5.25. The Kier molecular flexibility index (Phi) is 5.65. The molecule has 35 heavy (non-hydrogen) atoms. The van der Waals surface area contributed by atoms with Gasteiger partial charge in [0.05, 0.1) is 11.1 Å². The Hall–Kier alpha value is -4.86. The molecule has 10 nitrogen and oxygen atoms in total. The summed E-state index contributed by atoms with van der Waals surface area (Å²) < 4.78 is 16.4. The van der Waals surface area contributed by atoms with Crippen molar-refractivity contribution in [2.75, 3.05) is 0 Å². The second-order valence-electron chi connectivity index (χ2n) is 7.69. The molecule has 3 aromatic rings. The lowest BCUT2D eigenvalue weighted by molar-refractivity contribution is -0.136. The predicted octanol–water partition coefficient (Wildman–Crippen LogP) is 3.46. The highest BCUT2D eigenvalue weighted by Crippen LogP contribution is 2.57. The van der Waals surface area contributed by atoms with Gasteiger partial charge >= 0.3 is 17.9 Å². The number of phenolic OH excluding ortho intramolecular Hbond substituents is 2. The number of carboxylic acids is 1. The smallest absolute Gasteiger partial charge is 0.345 e. The minimum atomic E-state index is -1.42. The van der Waals surface area contributed by atoms with Gasteiger partial charge in [0.1, 0.15) is 23.0 Å². The lowest BCUT2D eigenvalue weighted by atomic mass is 9.77. The van der Waals surface area contributed by atoms with Crippen molar-refractivity contribution in [1.29, 1.82) is 0 Å². The summed E-state index contributed by atoms with van der Waals surface area (Å²) in [4.78, 5) is 45.1. The molecule has 178 valence electrons. The average molecular weight is 478 g/mol. The van der Waals surface area contributed by atoms with E-state index in [0.717, 1.165) is 13.8 Å². The van der Waals surface area contributed by atoms with Gasteiger partial charge in [-0.3, -0.25) is 9.59 Å². The third-order valence-electron chi connectivity index (χ3n) is 5.25. The first-order chi connectivity index (χ1) is 16.5. The van der Waals surface area contributed by atoms with Crippen LogP contribution in [0.15, 0.2) is 54.6 Å². The Morgan fingerprint density at radius 3 is 1.86 bits per heavy atom. The summed E-state index contributed by atoms with van der Waals surface area (Å²) in [5.74, 6) is -2.78. The van der Waals surface area contributed by atoms with Crippen molar-refractivity contribution in [2.45, 2.75) is 19.4 Å². The maximum Gasteiger partial charge on any atom is 0.345 e. The van der Waals surface area contributed by atoms with Crippen molar-refractivity contribution in [3.05, 3.63) is 82.4 Å². The lowest BCUT2D eigenvalue weighted by Crippen LogP contribution is -2.32. The first-order valence-corrected chi connectivity index (χ1v) is 10.2. The van der Waals surface area contributed by atoms with Crippen LogP contribution in [0.5, 0.6) is 23.0 Å². The maximum atomic E-state index is 12.9. The highest BCUT2D eigenvalue weighted by Gasteiger charge is 2.53. The van der Waals surface area contributed by atoms with E-state index in [0.29, 0.717) is 16.7 Å². The zero-order valence-corrected chi connectivity index (χ0v) is 18.4. The number of carbonyl (C=O) groups is 4. The van der Waals surface area contributed by atoms with Crippen LogP contribution in [-0.4, -0.2) is 39.2 Å². The third kappa shape index (κ3) is 4.01. The molecule has 0 aromatic heterocycles. The maximum absolute atomic E-state index is 12.9. The molecule has 2 heterocycles. The molecule has 5 rings (SSSR count). The van der Waals surface area contributed by atoms with E-state index >= 15 is 0 Å². The van der Waals surface area contributed by atoms with E-state index in [4.69, 9.17) is 19.4 Å². The van der Waals surface area contributed by atoms with E-state index in [1.165, 1.54) is 36.4 Å². The SMILES string of the molecule is CC(=O)O.CC(=O)OC(=O)c1ccc2c(c1)C(=O)OC21c2ccc(O)cc2Oc2cc(O)ccc21. The molecule has 0 radical (unpaired) electrons. The summed E-state index contributed by atoms with van der Waals surface area (Å²) in [5, 5.41) is 27.3. The minimum Gasteiger partial charge on any atom is -0.508 e. The summed E-state index contributed by atoms with van der Waals surface area (Å²) in [5.41, 5.74) is 0.105. The average Bonchev–Trinajstić information content (AvgIpc) is 3.05. The van der Waals surface area contributed by atoms with E-state index < -0.39 is 29.5 Å². The number of ether oxygens (including phenoxy) is 3. The Morgan fingerprint density at radius 2 is 1.34 bits per heavy atom. The Bertz CT molecular complexity index is 1350. The van der Waals surface area contributed by atoms with E-state index in [1.54, 1.807) is 18.2 Å². The van der Waals surface area contributed by atoms with Gasteiger partial charge < -0.3 is 29.5 Å². The molecule has 2 aliphatic rings. The zero-order chi connectivity index (χ0) is 25.5. The fourth-order valence-electron chi connectivity index (χ4n) is 4.02. The first kappa shape index (κ1) is 23.3. The van der Waals surface area contributed by atoms with Gasteiger partial charge in [-0.15, -0.1) is 0 Å². The molecule has 1 spiro atoms. The Balaban J connectivity index is 0.000000672. The molecule has 0 amide bonds. The van der Waals surface area contributed by atoms with Crippen LogP contribution in [0.4, 0.5) is 0 Å². The number of rotatable bonds is 1. The van der Waals surface area contributed by atoms with Gasteiger partial charge in [-0.1, -0.05) is 6.07 Å².